The fourth-order valence-corrected chi connectivity index (χ4v) is 2.74. The molecule has 2 nitrogen and oxygen atoms in total. The number of aromatic nitrogens is 1. The number of rotatable bonds is 5. The van der Waals surface area contributed by atoms with Gasteiger partial charge in [0.2, 0.25) is 0 Å². The highest BCUT2D eigenvalue weighted by molar-refractivity contribution is 7.99. The van der Waals surface area contributed by atoms with Crippen molar-refractivity contribution in [1.82, 2.24) is 4.98 Å². The van der Waals surface area contributed by atoms with Crippen LogP contribution >= 0.6 is 23.4 Å². The molecule has 2 aromatic rings. The molecule has 0 radical (unpaired) electrons. The lowest BCUT2D eigenvalue weighted by Crippen LogP contribution is -2.14. The van der Waals surface area contributed by atoms with E-state index in [1.165, 1.54) is 0 Å². The van der Waals surface area contributed by atoms with Crippen molar-refractivity contribution in [1.29, 1.82) is 0 Å². The Labute approximate surface area is 116 Å². The summed E-state index contributed by atoms with van der Waals surface area (Å²) in [4.78, 5) is 5.20. The molecule has 4 heteroatoms. The molecule has 0 fully saturated rings. The van der Waals surface area contributed by atoms with Crippen molar-refractivity contribution >= 4 is 23.4 Å². The molecule has 0 spiro atoms. The number of aliphatic hydroxyl groups is 1. The lowest BCUT2D eigenvalue weighted by molar-refractivity contribution is 0.199. The minimum absolute atomic E-state index is 0.416. The largest absolute Gasteiger partial charge is 0.392 e. The number of hydrogen-bond acceptors (Lipinski definition) is 3. The molecular formula is C14H14ClNOS. The standard InChI is InChI=1S/C14H14ClNOS/c15-13-6-1-2-7-14(13)18-10-12(17)9-11-5-3-4-8-16-11/h1-8,12,17H,9-10H2. The van der Waals surface area contributed by atoms with E-state index in [-0.39, 0.29) is 0 Å². The highest BCUT2D eigenvalue weighted by Crippen LogP contribution is 2.27. The summed E-state index contributed by atoms with van der Waals surface area (Å²) < 4.78 is 0. The van der Waals surface area contributed by atoms with Gasteiger partial charge in [-0.1, -0.05) is 29.8 Å². The average Bonchev–Trinajstić information content (AvgIpc) is 2.39. The highest BCUT2D eigenvalue weighted by atomic mass is 35.5. The van der Waals surface area contributed by atoms with E-state index in [0.29, 0.717) is 12.2 Å². The molecule has 0 aliphatic rings. The summed E-state index contributed by atoms with van der Waals surface area (Å²) in [6.07, 6.45) is 1.89. The Bertz CT molecular complexity index is 492. The molecule has 1 aromatic heterocycles. The fourth-order valence-electron chi connectivity index (χ4n) is 1.57. The Kier molecular flexibility index (Phi) is 5.05. The quantitative estimate of drug-likeness (QED) is 0.851. The van der Waals surface area contributed by atoms with E-state index in [1.54, 1.807) is 18.0 Å². The zero-order valence-electron chi connectivity index (χ0n) is 9.79. The van der Waals surface area contributed by atoms with Crippen LogP contribution in [0.3, 0.4) is 0 Å². The van der Waals surface area contributed by atoms with Crippen LogP contribution in [-0.2, 0) is 6.42 Å². The van der Waals surface area contributed by atoms with Gasteiger partial charge in [-0.05, 0) is 24.3 Å². The second kappa shape index (κ2) is 6.78. The molecule has 18 heavy (non-hydrogen) atoms. The smallest absolute Gasteiger partial charge is 0.0689 e. The molecule has 2 rings (SSSR count). The minimum atomic E-state index is -0.416. The first-order valence-electron chi connectivity index (χ1n) is 5.71. The van der Waals surface area contributed by atoms with Gasteiger partial charge in [0.05, 0.1) is 11.1 Å². The Morgan fingerprint density at radius 2 is 1.94 bits per heavy atom. The number of benzene rings is 1. The van der Waals surface area contributed by atoms with Crippen molar-refractivity contribution in [3.8, 4) is 0 Å². The van der Waals surface area contributed by atoms with Crippen molar-refractivity contribution in [2.24, 2.45) is 0 Å². The zero-order chi connectivity index (χ0) is 12.8. The topological polar surface area (TPSA) is 33.1 Å². The summed E-state index contributed by atoms with van der Waals surface area (Å²) in [6, 6.07) is 13.4. The van der Waals surface area contributed by atoms with Gasteiger partial charge in [-0.2, -0.15) is 0 Å². The van der Waals surface area contributed by atoms with Gasteiger partial charge in [-0.3, -0.25) is 4.98 Å². The van der Waals surface area contributed by atoms with E-state index >= 15 is 0 Å². The molecule has 0 aliphatic carbocycles. The van der Waals surface area contributed by atoms with Crippen LogP contribution in [0.15, 0.2) is 53.6 Å². The van der Waals surface area contributed by atoms with Gasteiger partial charge < -0.3 is 5.11 Å². The molecular weight excluding hydrogens is 266 g/mol. The number of thioether (sulfide) groups is 1. The summed E-state index contributed by atoms with van der Waals surface area (Å²) in [5.41, 5.74) is 0.907. The number of nitrogens with zero attached hydrogens (tertiary/aromatic N) is 1. The molecule has 1 heterocycles. The van der Waals surface area contributed by atoms with Gasteiger partial charge in [-0.15, -0.1) is 11.8 Å². The first-order chi connectivity index (χ1) is 8.75. The van der Waals surface area contributed by atoms with Crippen molar-refractivity contribution in [3.63, 3.8) is 0 Å². The number of aliphatic hydroxyl groups excluding tert-OH is 1. The van der Waals surface area contributed by atoms with Crippen molar-refractivity contribution < 1.29 is 5.11 Å². The molecule has 0 bridgehead atoms. The molecule has 1 N–H and O–H groups in total. The molecule has 1 unspecified atom stereocenters. The van der Waals surface area contributed by atoms with Crippen LogP contribution in [-0.4, -0.2) is 21.9 Å². The zero-order valence-corrected chi connectivity index (χ0v) is 11.4. The second-order valence-corrected chi connectivity index (χ2v) is 5.39. The van der Waals surface area contributed by atoms with E-state index in [4.69, 9.17) is 11.6 Å². The molecule has 0 saturated carbocycles. The maximum Gasteiger partial charge on any atom is 0.0689 e. The van der Waals surface area contributed by atoms with E-state index in [9.17, 15) is 5.11 Å². The minimum Gasteiger partial charge on any atom is -0.392 e. The third kappa shape index (κ3) is 4.02. The molecule has 0 aliphatic heterocycles. The second-order valence-electron chi connectivity index (χ2n) is 3.92. The van der Waals surface area contributed by atoms with Gasteiger partial charge in [0, 0.05) is 29.0 Å². The van der Waals surface area contributed by atoms with Crippen LogP contribution in [0, 0.1) is 0 Å². The van der Waals surface area contributed by atoms with Gasteiger partial charge in [0.25, 0.3) is 0 Å². The molecule has 0 amide bonds. The monoisotopic (exact) mass is 279 g/mol. The maximum absolute atomic E-state index is 9.95. The summed E-state index contributed by atoms with van der Waals surface area (Å²) in [5.74, 6) is 0.611. The van der Waals surface area contributed by atoms with E-state index in [1.807, 2.05) is 42.5 Å². The number of halogens is 1. The maximum atomic E-state index is 9.95. The summed E-state index contributed by atoms with van der Waals surface area (Å²) in [6.45, 7) is 0. The van der Waals surface area contributed by atoms with Crippen LogP contribution in [0.2, 0.25) is 5.02 Å². The lowest BCUT2D eigenvalue weighted by Gasteiger charge is -2.10. The first-order valence-corrected chi connectivity index (χ1v) is 7.07. The predicted molar refractivity (Wildman–Crippen MR) is 76.1 cm³/mol. The SMILES string of the molecule is OC(CSc1ccccc1Cl)Cc1ccccn1. The summed E-state index contributed by atoms with van der Waals surface area (Å²) >= 11 is 7.62. The summed E-state index contributed by atoms with van der Waals surface area (Å²) in [5, 5.41) is 10.7. The van der Waals surface area contributed by atoms with E-state index in [0.717, 1.165) is 15.6 Å². The predicted octanol–water partition coefficient (Wildman–Crippen LogP) is 3.43. The van der Waals surface area contributed by atoms with Gasteiger partial charge >= 0.3 is 0 Å². The van der Waals surface area contributed by atoms with Crippen LogP contribution in [0.5, 0.6) is 0 Å². The third-order valence-electron chi connectivity index (χ3n) is 2.44. The molecule has 1 atom stereocenters. The summed E-state index contributed by atoms with van der Waals surface area (Å²) in [7, 11) is 0. The normalized spacial score (nSPS) is 12.3. The Balaban J connectivity index is 1.86. The third-order valence-corrected chi connectivity index (χ3v) is 4.10. The number of hydrogen-bond donors (Lipinski definition) is 1. The van der Waals surface area contributed by atoms with Gasteiger partial charge in [0.1, 0.15) is 0 Å². The van der Waals surface area contributed by atoms with Crippen LogP contribution in [0.4, 0.5) is 0 Å². The van der Waals surface area contributed by atoms with Crippen LogP contribution < -0.4 is 0 Å². The number of pyridine rings is 1. The molecule has 0 saturated heterocycles. The molecule has 1 aromatic carbocycles. The van der Waals surface area contributed by atoms with Crippen LogP contribution in [0.1, 0.15) is 5.69 Å². The average molecular weight is 280 g/mol. The molecule has 94 valence electrons. The Morgan fingerprint density at radius 1 is 1.17 bits per heavy atom. The highest BCUT2D eigenvalue weighted by Gasteiger charge is 2.08. The van der Waals surface area contributed by atoms with Crippen molar-refractivity contribution in [3.05, 3.63) is 59.4 Å². The van der Waals surface area contributed by atoms with Gasteiger partial charge in [-0.25, -0.2) is 0 Å². The Morgan fingerprint density at radius 3 is 2.67 bits per heavy atom. The van der Waals surface area contributed by atoms with E-state index < -0.39 is 6.10 Å². The first kappa shape index (κ1) is 13.4. The van der Waals surface area contributed by atoms with Crippen molar-refractivity contribution in [2.45, 2.75) is 17.4 Å². The van der Waals surface area contributed by atoms with Crippen LogP contribution in [0.25, 0.3) is 0 Å². The fraction of sp³-hybridized carbons (Fsp3) is 0.214. The van der Waals surface area contributed by atoms with E-state index in [2.05, 4.69) is 4.98 Å². The van der Waals surface area contributed by atoms with Crippen molar-refractivity contribution in [2.75, 3.05) is 5.75 Å². The lowest BCUT2D eigenvalue weighted by atomic mass is 10.2. The van der Waals surface area contributed by atoms with Gasteiger partial charge in [0.15, 0.2) is 0 Å². The Hall–Kier alpha value is -1.03.